The van der Waals surface area contributed by atoms with Gasteiger partial charge in [0.15, 0.2) is 0 Å². The van der Waals surface area contributed by atoms with Crippen molar-refractivity contribution in [3.8, 4) is 0 Å². The fourth-order valence-corrected chi connectivity index (χ4v) is 1.81. The van der Waals surface area contributed by atoms with Gasteiger partial charge in [-0.1, -0.05) is 24.3 Å². The van der Waals surface area contributed by atoms with Crippen LogP contribution in [0.15, 0.2) is 41.1 Å². The molecule has 3 nitrogen and oxygen atoms in total. The first-order valence-electron chi connectivity index (χ1n) is 5.51. The van der Waals surface area contributed by atoms with E-state index < -0.39 is 0 Å². The summed E-state index contributed by atoms with van der Waals surface area (Å²) in [6.45, 7) is 2.97. The second-order valence-corrected chi connectivity index (χ2v) is 4.74. The van der Waals surface area contributed by atoms with Crippen molar-refractivity contribution in [2.24, 2.45) is 0 Å². The molecule has 0 fully saturated rings. The zero-order valence-electron chi connectivity index (χ0n) is 9.65. The maximum atomic E-state index is 4.16. The minimum Gasteiger partial charge on any atom is -0.354 e. The first-order valence-corrected chi connectivity index (χ1v) is 6.31. The number of aryl methyl sites for hydroxylation is 1. The van der Waals surface area contributed by atoms with Crippen molar-refractivity contribution >= 4 is 21.9 Å². The number of anilines is 1. The Bertz CT molecular complexity index is 482. The summed E-state index contributed by atoms with van der Waals surface area (Å²) in [7, 11) is 0. The van der Waals surface area contributed by atoms with Crippen LogP contribution in [0.5, 0.6) is 0 Å². The summed E-state index contributed by atoms with van der Waals surface area (Å²) in [5.41, 5.74) is 2.68. The Morgan fingerprint density at radius 2 is 1.88 bits per heavy atom. The van der Waals surface area contributed by atoms with Gasteiger partial charge in [0.2, 0.25) is 5.95 Å². The zero-order valence-corrected chi connectivity index (χ0v) is 11.2. The second-order valence-electron chi connectivity index (χ2n) is 3.83. The number of hydrogen-bond donors (Lipinski definition) is 1. The molecule has 0 aliphatic heterocycles. The van der Waals surface area contributed by atoms with Crippen LogP contribution in [0.2, 0.25) is 0 Å². The molecule has 0 saturated heterocycles. The molecule has 0 bridgehead atoms. The smallest absolute Gasteiger partial charge is 0.222 e. The van der Waals surface area contributed by atoms with Crippen molar-refractivity contribution in [2.75, 3.05) is 11.9 Å². The van der Waals surface area contributed by atoms with Crippen molar-refractivity contribution in [1.82, 2.24) is 9.97 Å². The van der Waals surface area contributed by atoms with Crippen molar-refractivity contribution in [3.05, 3.63) is 52.3 Å². The third-order valence-electron chi connectivity index (χ3n) is 2.56. The molecule has 0 saturated carbocycles. The second kappa shape index (κ2) is 5.77. The lowest BCUT2D eigenvalue weighted by Crippen LogP contribution is -2.08. The van der Waals surface area contributed by atoms with Crippen LogP contribution >= 0.6 is 15.9 Å². The number of benzene rings is 1. The van der Waals surface area contributed by atoms with Crippen LogP contribution in [0.4, 0.5) is 5.95 Å². The van der Waals surface area contributed by atoms with Crippen LogP contribution in [-0.4, -0.2) is 16.5 Å². The molecule has 0 unspecified atom stereocenters. The van der Waals surface area contributed by atoms with E-state index in [-0.39, 0.29) is 0 Å². The number of nitrogens with zero attached hydrogens (tertiary/aromatic N) is 2. The largest absolute Gasteiger partial charge is 0.354 e. The molecule has 1 heterocycles. The molecule has 0 spiro atoms. The van der Waals surface area contributed by atoms with Crippen LogP contribution in [0.1, 0.15) is 11.1 Å². The van der Waals surface area contributed by atoms with E-state index in [1.54, 1.807) is 12.4 Å². The Kier molecular flexibility index (Phi) is 4.09. The number of hydrogen-bond acceptors (Lipinski definition) is 3. The van der Waals surface area contributed by atoms with Gasteiger partial charge in [-0.15, -0.1) is 0 Å². The third-order valence-corrected chi connectivity index (χ3v) is 2.97. The average Bonchev–Trinajstić information content (AvgIpc) is 2.34. The number of rotatable bonds is 4. The lowest BCUT2D eigenvalue weighted by molar-refractivity contribution is 0.972. The maximum absolute atomic E-state index is 4.16. The highest BCUT2D eigenvalue weighted by atomic mass is 79.9. The lowest BCUT2D eigenvalue weighted by Gasteiger charge is -2.06. The highest BCUT2D eigenvalue weighted by molar-refractivity contribution is 9.10. The van der Waals surface area contributed by atoms with Gasteiger partial charge < -0.3 is 5.32 Å². The molecule has 2 rings (SSSR count). The van der Waals surface area contributed by atoms with Gasteiger partial charge in [0.05, 0.1) is 4.47 Å². The van der Waals surface area contributed by atoms with Crippen molar-refractivity contribution in [3.63, 3.8) is 0 Å². The Labute approximate surface area is 109 Å². The van der Waals surface area contributed by atoms with Crippen molar-refractivity contribution in [1.29, 1.82) is 0 Å². The monoisotopic (exact) mass is 291 g/mol. The molecular weight excluding hydrogens is 278 g/mol. The fraction of sp³-hybridized carbons (Fsp3) is 0.231. The summed E-state index contributed by atoms with van der Waals surface area (Å²) in [5, 5.41) is 3.20. The first-order chi connectivity index (χ1) is 8.25. The molecule has 0 atom stereocenters. The molecular formula is C13H14BrN3. The van der Waals surface area contributed by atoms with E-state index in [1.165, 1.54) is 11.1 Å². The van der Waals surface area contributed by atoms with Crippen molar-refractivity contribution < 1.29 is 0 Å². The highest BCUT2D eigenvalue weighted by Gasteiger charge is 1.98. The minimum absolute atomic E-state index is 0.668. The predicted molar refractivity (Wildman–Crippen MR) is 73.1 cm³/mol. The molecule has 0 radical (unpaired) electrons. The van der Waals surface area contributed by atoms with Crippen LogP contribution in [-0.2, 0) is 6.42 Å². The van der Waals surface area contributed by atoms with Crippen LogP contribution in [0.3, 0.4) is 0 Å². The summed E-state index contributed by atoms with van der Waals surface area (Å²) in [6, 6.07) is 8.41. The van der Waals surface area contributed by atoms with Crippen LogP contribution in [0, 0.1) is 6.92 Å². The topological polar surface area (TPSA) is 37.8 Å². The van der Waals surface area contributed by atoms with E-state index >= 15 is 0 Å². The van der Waals surface area contributed by atoms with Crippen molar-refractivity contribution in [2.45, 2.75) is 13.3 Å². The molecule has 0 amide bonds. The normalized spacial score (nSPS) is 10.2. The van der Waals surface area contributed by atoms with Crippen LogP contribution in [0.25, 0.3) is 0 Å². The summed E-state index contributed by atoms with van der Waals surface area (Å²) in [5.74, 6) is 0.668. The van der Waals surface area contributed by atoms with Gasteiger partial charge in [-0.2, -0.15) is 0 Å². The Morgan fingerprint density at radius 1 is 1.18 bits per heavy atom. The van der Waals surface area contributed by atoms with E-state index in [0.717, 1.165) is 17.4 Å². The number of halogens is 1. The molecule has 1 N–H and O–H groups in total. The third kappa shape index (κ3) is 3.53. The molecule has 17 heavy (non-hydrogen) atoms. The number of aromatic nitrogens is 2. The Morgan fingerprint density at radius 3 is 2.59 bits per heavy atom. The maximum Gasteiger partial charge on any atom is 0.222 e. The number of nitrogens with one attached hydrogen (secondary N) is 1. The van der Waals surface area contributed by atoms with Gasteiger partial charge in [0.25, 0.3) is 0 Å². The summed E-state index contributed by atoms with van der Waals surface area (Å²) in [4.78, 5) is 8.33. The molecule has 0 aliphatic carbocycles. The average molecular weight is 292 g/mol. The minimum atomic E-state index is 0.668. The lowest BCUT2D eigenvalue weighted by atomic mass is 10.1. The first kappa shape index (κ1) is 12.0. The van der Waals surface area contributed by atoms with Gasteiger partial charge >= 0.3 is 0 Å². The van der Waals surface area contributed by atoms with Gasteiger partial charge in [-0.25, -0.2) is 9.97 Å². The molecule has 2 aromatic rings. The van der Waals surface area contributed by atoms with Gasteiger partial charge in [0, 0.05) is 18.9 Å². The molecule has 0 aliphatic rings. The van der Waals surface area contributed by atoms with E-state index in [2.05, 4.69) is 62.4 Å². The van der Waals surface area contributed by atoms with E-state index in [0.29, 0.717) is 5.95 Å². The molecule has 1 aromatic carbocycles. The Balaban J connectivity index is 1.88. The summed E-state index contributed by atoms with van der Waals surface area (Å²) < 4.78 is 0.891. The van der Waals surface area contributed by atoms with Gasteiger partial charge in [-0.3, -0.25) is 0 Å². The van der Waals surface area contributed by atoms with Gasteiger partial charge in [-0.05, 0) is 40.4 Å². The fourth-order valence-electron chi connectivity index (χ4n) is 1.60. The standard InChI is InChI=1S/C13H14BrN3/c1-10-4-2-3-5-11(10)6-7-15-13-16-8-12(14)9-17-13/h2-5,8-9H,6-7H2,1H3,(H,15,16,17). The van der Waals surface area contributed by atoms with Gasteiger partial charge in [0.1, 0.15) is 0 Å². The van der Waals surface area contributed by atoms with Crippen LogP contribution < -0.4 is 5.32 Å². The quantitative estimate of drug-likeness (QED) is 0.940. The SMILES string of the molecule is Cc1ccccc1CCNc1ncc(Br)cn1. The molecule has 4 heteroatoms. The predicted octanol–water partition coefficient (Wildman–Crippen LogP) is 3.20. The van der Waals surface area contributed by atoms with E-state index in [1.807, 2.05) is 0 Å². The summed E-state index contributed by atoms with van der Waals surface area (Å²) >= 11 is 3.31. The zero-order chi connectivity index (χ0) is 12.1. The van der Waals surface area contributed by atoms with E-state index in [9.17, 15) is 0 Å². The molecule has 1 aromatic heterocycles. The Hall–Kier alpha value is -1.42. The highest BCUT2D eigenvalue weighted by Crippen LogP contribution is 2.09. The van der Waals surface area contributed by atoms with E-state index in [4.69, 9.17) is 0 Å². The molecule has 88 valence electrons. The summed E-state index contributed by atoms with van der Waals surface area (Å²) in [6.07, 6.45) is 4.46.